The zero-order chi connectivity index (χ0) is 14.7. The number of rotatable bonds is 4. The predicted octanol–water partition coefficient (Wildman–Crippen LogP) is 0.734. The molecule has 7 nitrogen and oxygen atoms in total. The van der Waals surface area contributed by atoms with Crippen molar-refractivity contribution in [2.75, 3.05) is 17.2 Å². The molecule has 104 valence electrons. The zero-order valence-corrected chi connectivity index (χ0v) is 10.9. The molecule has 0 spiro atoms. The van der Waals surface area contributed by atoms with Crippen LogP contribution in [0.15, 0.2) is 36.8 Å². The summed E-state index contributed by atoms with van der Waals surface area (Å²) in [5.74, 6) is -1.59. The van der Waals surface area contributed by atoms with Gasteiger partial charge in [0.15, 0.2) is 0 Å². The zero-order valence-electron chi connectivity index (χ0n) is 10.9. The van der Waals surface area contributed by atoms with Gasteiger partial charge in [-0.2, -0.15) is 0 Å². The van der Waals surface area contributed by atoms with E-state index in [1.165, 1.54) is 17.1 Å². The van der Waals surface area contributed by atoms with E-state index in [9.17, 15) is 9.59 Å². The second-order valence-electron chi connectivity index (χ2n) is 4.23. The number of aryl methyl sites for hydroxylation is 1. The Bertz CT molecular complexity index is 651. The number of carboxylic acid groups (broad SMARTS) is 1. The fourth-order valence-corrected chi connectivity index (χ4v) is 1.84. The number of benzene rings is 1. The van der Waals surface area contributed by atoms with Crippen LogP contribution >= 0.6 is 0 Å². The highest BCUT2D eigenvalue weighted by atomic mass is 16.4. The van der Waals surface area contributed by atoms with Crippen LogP contribution in [0.4, 0.5) is 11.4 Å². The van der Waals surface area contributed by atoms with E-state index in [1.807, 2.05) is 0 Å². The van der Waals surface area contributed by atoms with Crippen molar-refractivity contribution >= 4 is 23.3 Å². The quantitative estimate of drug-likeness (QED) is 0.800. The maximum atomic E-state index is 12.5. The van der Waals surface area contributed by atoms with Crippen LogP contribution in [-0.4, -0.2) is 33.1 Å². The van der Waals surface area contributed by atoms with Gasteiger partial charge >= 0.3 is 5.97 Å². The lowest BCUT2D eigenvalue weighted by molar-refractivity contribution is -0.135. The van der Waals surface area contributed by atoms with E-state index < -0.39 is 18.4 Å². The third-order valence-corrected chi connectivity index (χ3v) is 2.80. The Hall–Kier alpha value is -2.83. The molecular weight excluding hydrogens is 260 g/mol. The molecule has 0 aliphatic carbocycles. The maximum absolute atomic E-state index is 12.5. The van der Waals surface area contributed by atoms with Crippen molar-refractivity contribution in [1.29, 1.82) is 0 Å². The van der Waals surface area contributed by atoms with E-state index in [-0.39, 0.29) is 5.69 Å². The van der Waals surface area contributed by atoms with E-state index in [1.54, 1.807) is 31.3 Å². The topological polar surface area (TPSA) is 101 Å². The maximum Gasteiger partial charge on any atom is 0.323 e. The molecule has 0 saturated heterocycles. The first-order valence-electron chi connectivity index (χ1n) is 5.85. The first kappa shape index (κ1) is 13.6. The number of nitrogens with zero attached hydrogens (tertiary/aromatic N) is 3. The molecule has 1 aromatic heterocycles. The van der Waals surface area contributed by atoms with Crippen LogP contribution in [0.2, 0.25) is 0 Å². The monoisotopic (exact) mass is 274 g/mol. The molecule has 2 aromatic rings. The van der Waals surface area contributed by atoms with Gasteiger partial charge in [0.05, 0.1) is 23.9 Å². The number of hydrogen-bond acceptors (Lipinski definition) is 4. The van der Waals surface area contributed by atoms with Gasteiger partial charge in [0.25, 0.3) is 5.91 Å². The van der Waals surface area contributed by atoms with Crippen LogP contribution in [-0.2, 0) is 11.8 Å². The van der Waals surface area contributed by atoms with Gasteiger partial charge in [-0.15, -0.1) is 0 Å². The second kappa shape index (κ2) is 5.43. The Morgan fingerprint density at radius 1 is 1.40 bits per heavy atom. The largest absolute Gasteiger partial charge is 0.480 e. The molecule has 0 atom stereocenters. The summed E-state index contributed by atoms with van der Waals surface area (Å²) < 4.78 is 1.52. The molecule has 7 heteroatoms. The summed E-state index contributed by atoms with van der Waals surface area (Å²) in [7, 11) is 1.66. The SMILES string of the molecule is Cn1cncc1C(=O)N(CC(=O)O)c1ccccc1N. The molecule has 1 heterocycles. The summed E-state index contributed by atoms with van der Waals surface area (Å²) in [6.45, 7) is -0.474. The molecule has 0 radical (unpaired) electrons. The molecule has 0 bridgehead atoms. The number of aliphatic carboxylic acids is 1. The number of hydrogen-bond donors (Lipinski definition) is 2. The first-order valence-corrected chi connectivity index (χ1v) is 5.85. The van der Waals surface area contributed by atoms with Crippen LogP contribution in [0, 0.1) is 0 Å². The Morgan fingerprint density at radius 3 is 2.65 bits per heavy atom. The third-order valence-electron chi connectivity index (χ3n) is 2.80. The van der Waals surface area contributed by atoms with Crippen molar-refractivity contribution in [3.05, 3.63) is 42.5 Å². The first-order chi connectivity index (χ1) is 9.50. The molecular formula is C13H14N4O3. The van der Waals surface area contributed by atoms with Crippen molar-refractivity contribution in [2.24, 2.45) is 7.05 Å². The van der Waals surface area contributed by atoms with E-state index >= 15 is 0 Å². The van der Waals surface area contributed by atoms with Crippen LogP contribution in [0.25, 0.3) is 0 Å². The van der Waals surface area contributed by atoms with Gasteiger partial charge in [0.2, 0.25) is 0 Å². The Kier molecular flexibility index (Phi) is 3.69. The number of nitrogen functional groups attached to an aromatic ring is 1. The van der Waals surface area contributed by atoms with Gasteiger partial charge in [0, 0.05) is 7.05 Å². The van der Waals surface area contributed by atoms with E-state index in [2.05, 4.69) is 4.98 Å². The summed E-state index contributed by atoms with van der Waals surface area (Å²) in [6.07, 6.45) is 2.86. The van der Waals surface area contributed by atoms with Crippen LogP contribution < -0.4 is 10.6 Å². The second-order valence-corrected chi connectivity index (χ2v) is 4.23. The molecule has 0 saturated carbocycles. The van der Waals surface area contributed by atoms with Gasteiger partial charge in [-0.05, 0) is 12.1 Å². The van der Waals surface area contributed by atoms with Crippen molar-refractivity contribution < 1.29 is 14.7 Å². The highest BCUT2D eigenvalue weighted by Gasteiger charge is 2.23. The van der Waals surface area contributed by atoms with Gasteiger partial charge < -0.3 is 15.4 Å². The van der Waals surface area contributed by atoms with Crippen molar-refractivity contribution in [1.82, 2.24) is 9.55 Å². The summed E-state index contributed by atoms with van der Waals surface area (Å²) in [5, 5.41) is 8.99. The molecule has 1 amide bonds. The summed E-state index contributed by atoms with van der Waals surface area (Å²) in [4.78, 5) is 28.4. The molecule has 2 rings (SSSR count). The minimum absolute atomic E-state index is 0.287. The van der Waals surface area contributed by atoms with Crippen molar-refractivity contribution in [3.8, 4) is 0 Å². The summed E-state index contributed by atoms with van der Waals surface area (Å²) in [6, 6.07) is 6.62. The molecule has 0 fully saturated rings. The fraction of sp³-hybridized carbons (Fsp3) is 0.154. The van der Waals surface area contributed by atoms with Crippen molar-refractivity contribution in [3.63, 3.8) is 0 Å². The normalized spacial score (nSPS) is 10.2. The standard InChI is InChI=1S/C13H14N4O3/c1-16-8-15-6-11(16)13(20)17(7-12(18)19)10-5-3-2-4-9(10)14/h2-6,8H,7,14H2,1H3,(H,18,19). The molecule has 1 aromatic carbocycles. The third kappa shape index (κ3) is 2.61. The number of amides is 1. The summed E-state index contributed by atoms with van der Waals surface area (Å²) in [5.41, 5.74) is 6.80. The van der Waals surface area contributed by atoms with E-state index in [0.29, 0.717) is 11.4 Å². The lowest BCUT2D eigenvalue weighted by atomic mass is 10.2. The van der Waals surface area contributed by atoms with Crippen LogP contribution in [0.3, 0.4) is 0 Å². The van der Waals surface area contributed by atoms with Gasteiger partial charge in [-0.3, -0.25) is 14.5 Å². The molecule has 0 aliphatic heterocycles. The molecule has 0 unspecified atom stereocenters. The van der Waals surface area contributed by atoms with Crippen LogP contribution in [0.5, 0.6) is 0 Å². The highest BCUT2D eigenvalue weighted by molar-refractivity contribution is 6.08. The summed E-state index contributed by atoms with van der Waals surface area (Å²) >= 11 is 0. The number of aromatic nitrogens is 2. The smallest absolute Gasteiger partial charge is 0.323 e. The van der Waals surface area contributed by atoms with Gasteiger partial charge in [-0.1, -0.05) is 12.1 Å². The Labute approximate surface area is 115 Å². The fourth-order valence-electron chi connectivity index (χ4n) is 1.84. The van der Waals surface area contributed by atoms with Gasteiger partial charge in [0.1, 0.15) is 12.2 Å². The van der Waals surface area contributed by atoms with E-state index in [4.69, 9.17) is 10.8 Å². The minimum atomic E-state index is -1.12. The van der Waals surface area contributed by atoms with Crippen molar-refractivity contribution in [2.45, 2.75) is 0 Å². The predicted molar refractivity (Wildman–Crippen MR) is 73.4 cm³/mol. The van der Waals surface area contributed by atoms with E-state index in [0.717, 1.165) is 4.90 Å². The highest BCUT2D eigenvalue weighted by Crippen LogP contribution is 2.24. The lowest BCUT2D eigenvalue weighted by Crippen LogP contribution is -2.37. The molecule has 3 N–H and O–H groups in total. The Balaban J connectivity index is 2.43. The molecule has 20 heavy (non-hydrogen) atoms. The number of anilines is 2. The number of imidazole rings is 1. The Morgan fingerprint density at radius 2 is 2.10 bits per heavy atom. The number of carboxylic acids is 1. The van der Waals surface area contributed by atoms with Crippen LogP contribution in [0.1, 0.15) is 10.5 Å². The van der Waals surface area contributed by atoms with Gasteiger partial charge in [-0.25, -0.2) is 4.98 Å². The minimum Gasteiger partial charge on any atom is -0.480 e. The number of carbonyl (C=O) groups is 2. The number of carbonyl (C=O) groups excluding carboxylic acids is 1. The average molecular weight is 274 g/mol. The lowest BCUT2D eigenvalue weighted by Gasteiger charge is -2.22. The number of para-hydroxylation sites is 2. The average Bonchev–Trinajstić information content (AvgIpc) is 2.82. The molecule has 0 aliphatic rings. The number of nitrogens with two attached hydrogens (primary N) is 1.